The Morgan fingerprint density at radius 1 is 1.22 bits per heavy atom. The van der Waals surface area contributed by atoms with Crippen molar-refractivity contribution in [1.29, 1.82) is 0 Å². The molecule has 3 aliphatic rings. The molecule has 0 radical (unpaired) electrons. The van der Waals surface area contributed by atoms with Crippen LogP contribution < -0.4 is 20.0 Å². The van der Waals surface area contributed by atoms with Crippen LogP contribution in [0.2, 0.25) is 0 Å². The van der Waals surface area contributed by atoms with Gasteiger partial charge < -0.3 is 14.5 Å². The van der Waals surface area contributed by atoms with E-state index in [9.17, 15) is 22.4 Å². The third-order valence-electron chi connectivity index (χ3n) is 7.21. The molecule has 0 aliphatic carbocycles. The average Bonchev–Trinajstić information content (AvgIpc) is 2.81. The third kappa shape index (κ3) is 4.25. The van der Waals surface area contributed by atoms with E-state index in [2.05, 4.69) is 10.5 Å². The number of carbonyl (C=O) groups is 1. The molecule has 1 amide bonds. The number of anilines is 2. The fourth-order valence-corrected chi connectivity index (χ4v) is 5.10. The van der Waals surface area contributed by atoms with Crippen molar-refractivity contribution in [2.75, 3.05) is 43.1 Å². The molecular formula is C25H27F4N5O2. The van der Waals surface area contributed by atoms with Crippen LogP contribution in [0.3, 0.4) is 0 Å². The van der Waals surface area contributed by atoms with E-state index in [1.807, 2.05) is 24.9 Å². The summed E-state index contributed by atoms with van der Waals surface area (Å²) < 4.78 is 59.0. The Labute approximate surface area is 206 Å². The summed E-state index contributed by atoms with van der Waals surface area (Å²) in [6.45, 7) is 4.68. The molecule has 192 valence electrons. The Morgan fingerprint density at radius 3 is 2.64 bits per heavy atom. The van der Waals surface area contributed by atoms with Crippen molar-refractivity contribution in [2.24, 2.45) is 5.10 Å². The molecule has 0 unspecified atom stereocenters. The molecule has 3 aliphatic heterocycles. The molecule has 0 saturated carbocycles. The maximum Gasteiger partial charge on any atom is 0.390 e. The molecule has 1 atom stereocenters. The molecule has 0 aromatic heterocycles. The summed E-state index contributed by atoms with van der Waals surface area (Å²) in [6.07, 6.45) is -5.06. The van der Waals surface area contributed by atoms with Crippen LogP contribution in [0.15, 0.2) is 41.5 Å². The van der Waals surface area contributed by atoms with Gasteiger partial charge in [0.25, 0.3) is 5.91 Å². The van der Waals surface area contributed by atoms with Gasteiger partial charge >= 0.3 is 6.18 Å². The first kappa shape index (κ1) is 24.4. The number of likely N-dealkylation sites (N-methyl/N-ethyl adjacent to an activating group) is 1. The minimum Gasteiger partial charge on any atom is -0.483 e. The highest BCUT2D eigenvalue weighted by Gasteiger charge is 2.45. The molecule has 2 aromatic carbocycles. The van der Waals surface area contributed by atoms with Crippen molar-refractivity contribution in [3.63, 3.8) is 0 Å². The van der Waals surface area contributed by atoms with E-state index in [-0.39, 0.29) is 19.1 Å². The molecule has 1 N–H and O–H groups in total. The Hall–Kier alpha value is -3.34. The van der Waals surface area contributed by atoms with Gasteiger partial charge in [-0.25, -0.2) is 9.82 Å². The molecule has 7 nitrogen and oxygen atoms in total. The van der Waals surface area contributed by atoms with Crippen LogP contribution in [0, 0.1) is 5.82 Å². The van der Waals surface area contributed by atoms with Crippen LogP contribution >= 0.6 is 0 Å². The van der Waals surface area contributed by atoms with Gasteiger partial charge in [-0.2, -0.15) is 18.3 Å². The first-order valence-electron chi connectivity index (χ1n) is 11.7. The summed E-state index contributed by atoms with van der Waals surface area (Å²) in [5, 5.41) is 4.12. The standard InChI is InChI=1S/C25H27F4N5O2/c1-15-23(35)31-30-22-12-36-21-10-17(16-6-4-5-7-18(16)26)19(11-20(21)34(15)22)32(3)24(2)13-33(14-24)9-8-25(27,28)29/h4-7,10-11,15H,8-9,12-14H2,1-3H3,(H,31,35)/t15-/m1/s1. The van der Waals surface area contributed by atoms with Gasteiger partial charge in [0.2, 0.25) is 0 Å². The molecule has 36 heavy (non-hydrogen) atoms. The Kier molecular flexibility index (Phi) is 5.85. The topological polar surface area (TPSA) is 60.4 Å². The number of halogens is 4. The lowest BCUT2D eigenvalue weighted by Gasteiger charge is -2.54. The van der Waals surface area contributed by atoms with E-state index in [4.69, 9.17) is 4.74 Å². The summed E-state index contributed by atoms with van der Waals surface area (Å²) in [7, 11) is 1.86. The number of benzene rings is 2. The molecule has 2 aromatic rings. The van der Waals surface area contributed by atoms with Crippen molar-refractivity contribution in [2.45, 2.75) is 38.0 Å². The quantitative estimate of drug-likeness (QED) is 0.623. The normalized spacial score (nSPS) is 21.0. The monoisotopic (exact) mass is 505 g/mol. The lowest BCUT2D eigenvalue weighted by Crippen LogP contribution is -2.68. The number of alkyl halides is 3. The average molecular weight is 506 g/mol. The molecule has 11 heteroatoms. The van der Waals surface area contributed by atoms with Crippen LogP contribution in [0.4, 0.5) is 28.9 Å². The number of amides is 1. The number of hydrazone groups is 1. The third-order valence-corrected chi connectivity index (χ3v) is 7.21. The van der Waals surface area contributed by atoms with Gasteiger partial charge in [-0.1, -0.05) is 18.2 Å². The van der Waals surface area contributed by atoms with E-state index in [1.165, 1.54) is 6.07 Å². The summed E-state index contributed by atoms with van der Waals surface area (Å²) >= 11 is 0. The number of likely N-dealkylation sites (tertiary alicyclic amines) is 1. The van der Waals surface area contributed by atoms with Gasteiger partial charge in [-0.3, -0.25) is 9.69 Å². The highest BCUT2D eigenvalue weighted by molar-refractivity contribution is 6.10. The lowest BCUT2D eigenvalue weighted by molar-refractivity contribution is -0.141. The largest absolute Gasteiger partial charge is 0.483 e. The van der Waals surface area contributed by atoms with Gasteiger partial charge in [0.05, 0.1) is 17.6 Å². The second kappa shape index (κ2) is 8.65. The van der Waals surface area contributed by atoms with E-state index < -0.39 is 30.0 Å². The van der Waals surface area contributed by atoms with Crippen molar-refractivity contribution >= 4 is 23.1 Å². The predicted molar refractivity (Wildman–Crippen MR) is 129 cm³/mol. The molecule has 0 bridgehead atoms. The fourth-order valence-electron chi connectivity index (χ4n) is 5.10. The van der Waals surface area contributed by atoms with E-state index in [0.29, 0.717) is 47.2 Å². The zero-order chi connectivity index (χ0) is 25.8. The van der Waals surface area contributed by atoms with E-state index in [0.717, 1.165) is 0 Å². The number of carbonyl (C=O) groups excluding carboxylic acids is 1. The highest BCUT2D eigenvalue weighted by Crippen LogP contribution is 2.46. The predicted octanol–water partition coefficient (Wildman–Crippen LogP) is 3.99. The van der Waals surface area contributed by atoms with Crippen LogP contribution in [0.1, 0.15) is 20.3 Å². The zero-order valence-corrected chi connectivity index (χ0v) is 20.2. The Balaban J connectivity index is 1.55. The first-order chi connectivity index (χ1) is 17.0. The van der Waals surface area contributed by atoms with Gasteiger partial charge in [0.15, 0.2) is 5.84 Å². The number of amidine groups is 1. The lowest BCUT2D eigenvalue weighted by atomic mass is 9.88. The summed E-state index contributed by atoms with van der Waals surface area (Å²) in [4.78, 5) is 17.9. The maximum atomic E-state index is 14.9. The summed E-state index contributed by atoms with van der Waals surface area (Å²) in [5.74, 6) is 0.388. The number of nitrogens with zero attached hydrogens (tertiary/aromatic N) is 4. The van der Waals surface area contributed by atoms with Gasteiger partial charge in [0.1, 0.15) is 24.2 Å². The van der Waals surface area contributed by atoms with Crippen LogP contribution in [0.5, 0.6) is 5.75 Å². The number of fused-ring (bicyclic) bond motifs is 3. The number of ether oxygens (including phenoxy) is 1. The van der Waals surface area contributed by atoms with Gasteiger partial charge in [-0.15, -0.1) is 0 Å². The number of rotatable bonds is 5. The van der Waals surface area contributed by atoms with Crippen LogP contribution in [-0.4, -0.2) is 67.7 Å². The van der Waals surface area contributed by atoms with E-state index in [1.54, 1.807) is 41.0 Å². The zero-order valence-electron chi connectivity index (χ0n) is 20.2. The van der Waals surface area contributed by atoms with Crippen LogP contribution in [0.25, 0.3) is 11.1 Å². The first-order valence-corrected chi connectivity index (χ1v) is 11.7. The van der Waals surface area contributed by atoms with Crippen LogP contribution in [-0.2, 0) is 4.79 Å². The Morgan fingerprint density at radius 2 is 1.94 bits per heavy atom. The maximum absolute atomic E-state index is 14.9. The molecular weight excluding hydrogens is 478 g/mol. The second-order valence-corrected chi connectivity index (χ2v) is 9.79. The molecule has 1 saturated heterocycles. The fraction of sp³-hybridized carbons (Fsp3) is 0.440. The van der Waals surface area contributed by atoms with Crippen molar-refractivity contribution in [1.82, 2.24) is 10.3 Å². The van der Waals surface area contributed by atoms with Crippen molar-refractivity contribution in [3.8, 4) is 16.9 Å². The SMILES string of the molecule is C[C@@H]1C(=O)NN=C2COc3cc(-c4ccccc4F)c(N(C)C4(C)CN(CCC(F)(F)F)C4)cc3N21. The van der Waals surface area contributed by atoms with Gasteiger partial charge in [0, 0.05) is 43.5 Å². The highest BCUT2D eigenvalue weighted by atomic mass is 19.4. The number of nitrogens with one attached hydrogen (secondary N) is 1. The van der Waals surface area contributed by atoms with Crippen molar-refractivity contribution < 1.29 is 27.1 Å². The smallest absolute Gasteiger partial charge is 0.390 e. The van der Waals surface area contributed by atoms with E-state index >= 15 is 0 Å². The minimum absolute atomic E-state index is 0.0641. The molecule has 1 fully saturated rings. The summed E-state index contributed by atoms with van der Waals surface area (Å²) in [5.41, 5.74) is 4.30. The van der Waals surface area contributed by atoms with Crippen molar-refractivity contribution in [3.05, 3.63) is 42.2 Å². The van der Waals surface area contributed by atoms with Gasteiger partial charge in [-0.05, 0) is 32.0 Å². The number of hydrogen-bond donors (Lipinski definition) is 1. The minimum atomic E-state index is -4.20. The molecule has 5 rings (SSSR count). The Bertz CT molecular complexity index is 1230. The molecule has 0 spiro atoms. The molecule has 3 heterocycles. The number of hydrogen-bond acceptors (Lipinski definition) is 6. The summed E-state index contributed by atoms with van der Waals surface area (Å²) in [6, 6.07) is 9.50. The second-order valence-electron chi connectivity index (χ2n) is 9.79.